The van der Waals surface area contributed by atoms with Crippen LogP contribution in [-0.2, 0) is 11.3 Å². The zero-order valence-electron chi connectivity index (χ0n) is 10.4. The summed E-state index contributed by atoms with van der Waals surface area (Å²) in [7, 11) is 0. The predicted molar refractivity (Wildman–Crippen MR) is 72.5 cm³/mol. The van der Waals surface area contributed by atoms with Gasteiger partial charge in [0.05, 0.1) is 25.1 Å². The number of morpholine rings is 1. The van der Waals surface area contributed by atoms with Crippen LogP contribution in [0, 0.1) is 0 Å². The lowest BCUT2D eigenvalue weighted by atomic mass is 10.4. The van der Waals surface area contributed by atoms with Gasteiger partial charge >= 0.3 is 0 Å². The van der Waals surface area contributed by atoms with Crippen molar-refractivity contribution < 1.29 is 4.74 Å². The maximum atomic E-state index is 12.0. The van der Waals surface area contributed by atoms with Gasteiger partial charge in [-0.1, -0.05) is 6.92 Å². The van der Waals surface area contributed by atoms with Gasteiger partial charge in [-0.05, 0) is 22.4 Å². The van der Waals surface area contributed by atoms with Crippen molar-refractivity contribution in [3.63, 3.8) is 0 Å². The number of nitrogens with one attached hydrogen (secondary N) is 1. The molecule has 1 N–H and O–H groups in total. The van der Waals surface area contributed by atoms with E-state index in [1.807, 2.05) is 11.9 Å². The predicted octanol–water partition coefficient (Wildman–Crippen LogP) is 1.07. The normalized spacial score (nSPS) is 16.8. The summed E-state index contributed by atoms with van der Waals surface area (Å²) in [4.78, 5) is 12.0. The Bertz CT molecular complexity index is 457. The molecule has 0 amide bonds. The second kappa shape index (κ2) is 6.31. The lowest BCUT2D eigenvalue weighted by molar-refractivity contribution is 0.0496. The van der Waals surface area contributed by atoms with Gasteiger partial charge in [-0.3, -0.25) is 4.79 Å². The van der Waals surface area contributed by atoms with Crippen molar-refractivity contribution in [1.82, 2.24) is 14.8 Å². The third kappa shape index (κ3) is 3.09. The van der Waals surface area contributed by atoms with Gasteiger partial charge < -0.3 is 10.2 Å². The lowest BCUT2D eigenvalue weighted by Gasteiger charge is -2.28. The van der Waals surface area contributed by atoms with Crippen LogP contribution in [0.2, 0.25) is 0 Å². The summed E-state index contributed by atoms with van der Waals surface area (Å²) in [5.41, 5.74) is 3.79. The highest BCUT2D eigenvalue weighted by molar-refractivity contribution is 9.10. The van der Waals surface area contributed by atoms with Crippen molar-refractivity contribution in [3.8, 4) is 0 Å². The average molecular weight is 317 g/mol. The van der Waals surface area contributed by atoms with Gasteiger partial charge in [0.15, 0.2) is 0 Å². The van der Waals surface area contributed by atoms with Crippen LogP contribution in [0.3, 0.4) is 0 Å². The molecule has 0 spiro atoms. The van der Waals surface area contributed by atoms with Crippen molar-refractivity contribution in [3.05, 3.63) is 21.0 Å². The Morgan fingerprint density at radius 1 is 1.50 bits per heavy atom. The largest absolute Gasteiger partial charge is 0.379 e. The van der Waals surface area contributed by atoms with Gasteiger partial charge in [0, 0.05) is 19.6 Å². The first-order chi connectivity index (χ1) is 8.72. The molecule has 0 aliphatic carbocycles. The number of halogens is 1. The highest BCUT2D eigenvalue weighted by Crippen LogP contribution is 2.17. The summed E-state index contributed by atoms with van der Waals surface area (Å²) in [5, 5.41) is 6.17. The summed E-state index contributed by atoms with van der Waals surface area (Å²) in [6.45, 7) is 5.64. The Kier molecular flexibility index (Phi) is 4.73. The van der Waals surface area contributed by atoms with Crippen molar-refractivity contribution in [2.24, 2.45) is 0 Å². The van der Waals surface area contributed by atoms with E-state index < -0.39 is 0 Å². The third-order valence-electron chi connectivity index (χ3n) is 2.71. The number of aromatic nitrogens is 2. The first-order valence-electron chi connectivity index (χ1n) is 6.07. The van der Waals surface area contributed by atoms with E-state index in [0.29, 0.717) is 29.9 Å². The van der Waals surface area contributed by atoms with E-state index in [9.17, 15) is 4.79 Å². The second-order valence-corrected chi connectivity index (χ2v) is 4.90. The maximum Gasteiger partial charge on any atom is 0.283 e. The van der Waals surface area contributed by atoms with Gasteiger partial charge in [0.25, 0.3) is 5.56 Å². The van der Waals surface area contributed by atoms with Gasteiger partial charge in [0.2, 0.25) is 0 Å². The van der Waals surface area contributed by atoms with Gasteiger partial charge in [-0.2, -0.15) is 5.10 Å². The van der Waals surface area contributed by atoms with Crippen molar-refractivity contribution in [2.45, 2.75) is 19.9 Å². The summed E-state index contributed by atoms with van der Waals surface area (Å²) >= 11 is 3.33. The first kappa shape index (κ1) is 13.5. The van der Waals surface area contributed by atoms with E-state index in [1.54, 1.807) is 6.20 Å². The Hall–Kier alpha value is -0.920. The van der Waals surface area contributed by atoms with Crippen LogP contribution >= 0.6 is 15.9 Å². The van der Waals surface area contributed by atoms with Crippen LogP contribution in [0.25, 0.3) is 0 Å². The smallest absolute Gasteiger partial charge is 0.283 e. The van der Waals surface area contributed by atoms with E-state index >= 15 is 0 Å². The van der Waals surface area contributed by atoms with E-state index in [4.69, 9.17) is 4.74 Å². The number of anilines is 1. The Morgan fingerprint density at radius 3 is 2.89 bits per heavy atom. The van der Waals surface area contributed by atoms with Gasteiger partial charge in [-0.25, -0.2) is 9.69 Å². The van der Waals surface area contributed by atoms with Crippen LogP contribution in [-0.4, -0.2) is 41.1 Å². The molecule has 2 heterocycles. The molecule has 100 valence electrons. The minimum Gasteiger partial charge on any atom is -0.379 e. The second-order valence-electron chi connectivity index (χ2n) is 4.11. The van der Waals surface area contributed by atoms with E-state index in [0.717, 1.165) is 19.5 Å². The van der Waals surface area contributed by atoms with Crippen molar-refractivity contribution in [1.29, 1.82) is 0 Å². The maximum absolute atomic E-state index is 12.0. The number of ether oxygens (including phenoxy) is 1. The quantitative estimate of drug-likeness (QED) is 0.900. The molecular formula is C11H17BrN4O2. The fourth-order valence-electron chi connectivity index (χ4n) is 1.76. The number of aryl methyl sites for hydroxylation is 1. The first-order valence-corrected chi connectivity index (χ1v) is 6.86. The molecule has 7 heteroatoms. The molecular weight excluding hydrogens is 300 g/mol. The number of hydrogen-bond donors (Lipinski definition) is 1. The molecule has 1 saturated heterocycles. The monoisotopic (exact) mass is 316 g/mol. The van der Waals surface area contributed by atoms with Crippen molar-refractivity contribution in [2.75, 3.05) is 31.7 Å². The average Bonchev–Trinajstić information content (AvgIpc) is 2.40. The van der Waals surface area contributed by atoms with E-state index in [1.165, 1.54) is 4.68 Å². The highest BCUT2D eigenvalue weighted by Gasteiger charge is 2.14. The molecule has 0 saturated carbocycles. The number of nitrogens with zero attached hydrogens (tertiary/aromatic N) is 3. The molecule has 1 aromatic rings. The molecule has 0 bridgehead atoms. The SMILES string of the molecule is CCCn1ncc(NN2CCOCC2)c(Br)c1=O. The molecule has 0 unspecified atom stereocenters. The molecule has 0 atom stereocenters. The molecule has 18 heavy (non-hydrogen) atoms. The lowest BCUT2D eigenvalue weighted by Crippen LogP contribution is -2.41. The zero-order valence-corrected chi connectivity index (χ0v) is 11.9. The third-order valence-corrected chi connectivity index (χ3v) is 3.48. The van der Waals surface area contributed by atoms with Gasteiger partial charge in [0.1, 0.15) is 4.47 Å². The minimum absolute atomic E-state index is 0.102. The van der Waals surface area contributed by atoms with Crippen LogP contribution < -0.4 is 11.0 Å². The molecule has 6 nitrogen and oxygen atoms in total. The fourth-order valence-corrected chi connectivity index (χ4v) is 2.16. The summed E-state index contributed by atoms with van der Waals surface area (Å²) in [6.07, 6.45) is 2.56. The van der Waals surface area contributed by atoms with Crippen LogP contribution in [0.5, 0.6) is 0 Å². The Morgan fingerprint density at radius 2 is 2.22 bits per heavy atom. The molecule has 1 aliphatic rings. The molecule has 0 radical (unpaired) electrons. The molecule has 0 aromatic carbocycles. The summed E-state index contributed by atoms with van der Waals surface area (Å²) in [6, 6.07) is 0. The topological polar surface area (TPSA) is 59.4 Å². The Balaban J connectivity index is 2.13. The van der Waals surface area contributed by atoms with Crippen LogP contribution in [0.4, 0.5) is 5.69 Å². The Labute approximate surface area is 114 Å². The minimum atomic E-state index is -0.102. The number of hydrogen-bond acceptors (Lipinski definition) is 5. The summed E-state index contributed by atoms with van der Waals surface area (Å²) < 4.78 is 7.26. The fraction of sp³-hybridized carbons (Fsp3) is 0.636. The van der Waals surface area contributed by atoms with E-state index in [-0.39, 0.29) is 5.56 Å². The van der Waals surface area contributed by atoms with Crippen LogP contribution in [0.1, 0.15) is 13.3 Å². The molecule has 1 fully saturated rings. The van der Waals surface area contributed by atoms with Gasteiger partial charge in [-0.15, -0.1) is 0 Å². The standard InChI is InChI=1S/C11H17BrN4O2/c1-2-3-16-11(17)10(12)9(8-13-16)14-15-4-6-18-7-5-15/h8,14H,2-7H2,1H3. The number of rotatable bonds is 4. The highest BCUT2D eigenvalue weighted by atomic mass is 79.9. The summed E-state index contributed by atoms with van der Waals surface area (Å²) in [5.74, 6) is 0. The molecule has 1 aliphatic heterocycles. The molecule has 2 rings (SSSR count). The van der Waals surface area contributed by atoms with E-state index in [2.05, 4.69) is 26.5 Å². The van der Waals surface area contributed by atoms with Crippen molar-refractivity contribution >= 4 is 21.6 Å². The number of hydrazine groups is 1. The zero-order chi connectivity index (χ0) is 13.0. The van der Waals surface area contributed by atoms with Crippen LogP contribution in [0.15, 0.2) is 15.5 Å². The molecule has 1 aromatic heterocycles.